The highest BCUT2D eigenvalue weighted by Gasteiger charge is 2.32. The van der Waals surface area contributed by atoms with Crippen molar-refractivity contribution in [3.63, 3.8) is 0 Å². The fourth-order valence-electron chi connectivity index (χ4n) is 1.36. The Hall–Kier alpha value is -2.51. The largest absolute Gasteiger partial charge is 0.573 e. The second-order valence-electron chi connectivity index (χ2n) is 3.50. The molecule has 1 aromatic carbocycles. The lowest BCUT2D eigenvalue weighted by Crippen LogP contribution is -2.17. The van der Waals surface area contributed by atoms with Crippen molar-refractivity contribution in [1.82, 2.24) is 9.97 Å². The predicted octanol–water partition coefficient (Wildman–Crippen LogP) is 2.70. The highest BCUT2D eigenvalue weighted by Crippen LogP contribution is 2.31. The molecule has 3 N–H and O–H groups in total. The number of nitrogens with zero attached hydrogens (tertiary/aromatic N) is 2. The molecule has 2 aromatic rings. The number of nitrogens with one attached hydrogen (secondary N) is 1. The lowest BCUT2D eigenvalue weighted by Gasteiger charge is -2.14. The molecule has 0 atom stereocenters. The molecular formula is C11H9F3N4O. The van der Waals surface area contributed by atoms with E-state index in [1.54, 1.807) is 6.07 Å². The second kappa shape index (κ2) is 5.01. The van der Waals surface area contributed by atoms with Crippen LogP contribution >= 0.6 is 0 Å². The molecular weight excluding hydrogens is 261 g/mol. The Morgan fingerprint density at radius 1 is 1.16 bits per heavy atom. The summed E-state index contributed by atoms with van der Waals surface area (Å²) < 4.78 is 40.6. The van der Waals surface area contributed by atoms with E-state index in [2.05, 4.69) is 20.0 Å². The second-order valence-corrected chi connectivity index (χ2v) is 3.50. The number of para-hydroxylation sites is 2. The van der Waals surface area contributed by atoms with E-state index in [1.165, 1.54) is 30.6 Å². The highest BCUT2D eigenvalue weighted by molar-refractivity contribution is 5.65. The van der Waals surface area contributed by atoms with Gasteiger partial charge in [-0.05, 0) is 12.1 Å². The van der Waals surface area contributed by atoms with Crippen LogP contribution in [-0.2, 0) is 0 Å². The molecule has 0 fully saturated rings. The third-order valence-corrected chi connectivity index (χ3v) is 2.06. The number of hydrogen-bond acceptors (Lipinski definition) is 5. The molecule has 100 valence electrons. The molecule has 8 heteroatoms. The summed E-state index contributed by atoms with van der Waals surface area (Å²) in [5.41, 5.74) is 5.57. The molecule has 0 aliphatic heterocycles. The number of benzene rings is 1. The summed E-state index contributed by atoms with van der Waals surface area (Å²) in [6, 6.07) is 7.01. The van der Waals surface area contributed by atoms with Gasteiger partial charge in [0.15, 0.2) is 5.75 Å². The average Bonchev–Trinajstić information content (AvgIpc) is 2.30. The van der Waals surface area contributed by atoms with E-state index < -0.39 is 6.36 Å². The Bertz CT molecular complexity index is 574. The lowest BCUT2D eigenvalue weighted by atomic mass is 10.3. The van der Waals surface area contributed by atoms with E-state index >= 15 is 0 Å². The minimum Gasteiger partial charge on any atom is -0.404 e. The Morgan fingerprint density at radius 2 is 1.89 bits per heavy atom. The van der Waals surface area contributed by atoms with Crippen molar-refractivity contribution in [2.45, 2.75) is 6.36 Å². The fraction of sp³-hybridized carbons (Fsp3) is 0.0909. The van der Waals surface area contributed by atoms with Gasteiger partial charge in [-0.15, -0.1) is 13.2 Å². The molecule has 5 nitrogen and oxygen atoms in total. The van der Waals surface area contributed by atoms with Crippen molar-refractivity contribution in [3.8, 4) is 5.75 Å². The first kappa shape index (κ1) is 12.9. The van der Waals surface area contributed by atoms with Crippen LogP contribution in [0.3, 0.4) is 0 Å². The van der Waals surface area contributed by atoms with Crippen molar-refractivity contribution < 1.29 is 17.9 Å². The van der Waals surface area contributed by atoms with Crippen LogP contribution in [0.1, 0.15) is 0 Å². The van der Waals surface area contributed by atoms with Gasteiger partial charge in [-0.2, -0.15) is 0 Å². The lowest BCUT2D eigenvalue weighted by molar-refractivity contribution is -0.274. The number of anilines is 3. The van der Waals surface area contributed by atoms with Gasteiger partial charge in [0.05, 0.1) is 5.69 Å². The average molecular weight is 270 g/mol. The minimum absolute atomic E-state index is 0.123. The molecule has 0 saturated carbocycles. The van der Waals surface area contributed by atoms with E-state index in [4.69, 9.17) is 5.73 Å². The van der Waals surface area contributed by atoms with Crippen molar-refractivity contribution in [2.24, 2.45) is 0 Å². The SMILES string of the molecule is Nc1cc(Nc2ccccc2OC(F)(F)F)ncn1. The normalized spacial score (nSPS) is 11.1. The van der Waals surface area contributed by atoms with Crippen LogP contribution in [0.4, 0.5) is 30.5 Å². The number of hydrogen-bond donors (Lipinski definition) is 2. The van der Waals surface area contributed by atoms with Gasteiger partial charge in [0.25, 0.3) is 0 Å². The van der Waals surface area contributed by atoms with Crippen LogP contribution < -0.4 is 15.8 Å². The molecule has 0 unspecified atom stereocenters. The Morgan fingerprint density at radius 3 is 2.58 bits per heavy atom. The smallest absolute Gasteiger partial charge is 0.404 e. The zero-order valence-corrected chi connectivity index (χ0v) is 9.48. The van der Waals surface area contributed by atoms with Gasteiger partial charge in [0, 0.05) is 6.07 Å². The van der Waals surface area contributed by atoms with E-state index in [9.17, 15) is 13.2 Å². The van der Waals surface area contributed by atoms with E-state index in [0.29, 0.717) is 0 Å². The monoisotopic (exact) mass is 270 g/mol. The van der Waals surface area contributed by atoms with Gasteiger partial charge < -0.3 is 15.8 Å². The summed E-state index contributed by atoms with van der Waals surface area (Å²) >= 11 is 0. The van der Waals surface area contributed by atoms with Gasteiger partial charge in [-0.1, -0.05) is 12.1 Å². The molecule has 1 aromatic heterocycles. The van der Waals surface area contributed by atoms with Crippen LogP contribution in [0.5, 0.6) is 5.75 Å². The van der Waals surface area contributed by atoms with Gasteiger partial charge in [0.1, 0.15) is 18.0 Å². The van der Waals surface area contributed by atoms with E-state index in [-0.39, 0.29) is 23.1 Å². The maximum atomic E-state index is 12.2. The number of alkyl halides is 3. The van der Waals surface area contributed by atoms with Gasteiger partial charge >= 0.3 is 6.36 Å². The summed E-state index contributed by atoms with van der Waals surface area (Å²) in [4.78, 5) is 7.51. The molecule has 1 heterocycles. The summed E-state index contributed by atoms with van der Waals surface area (Å²) in [5, 5.41) is 2.68. The molecule has 0 aliphatic carbocycles. The number of rotatable bonds is 3. The number of ether oxygens (including phenoxy) is 1. The van der Waals surface area contributed by atoms with Crippen molar-refractivity contribution >= 4 is 17.3 Å². The van der Waals surface area contributed by atoms with Crippen LogP contribution in [0, 0.1) is 0 Å². The quantitative estimate of drug-likeness (QED) is 0.897. The molecule has 2 rings (SSSR count). The summed E-state index contributed by atoms with van der Waals surface area (Å²) in [7, 11) is 0. The summed E-state index contributed by atoms with van der Waals surface area (Å²) in [5.74, 6) is 0.115. The molecule has 0 radical (unpaired) electrons. The van der Waals surface area contributed by atoms with Crippen molar-refractivity contribution in [1.29, 1.82) is 0 Å². The first-order valence-corrected chi connectivity index (χ1v) is 5.13. The van der Waals surface area contributed by atoms with Gasteiger partial charge in [-0.3, -0.25) is 0 Å². The Kier molecular flexibility index (Phi) is 3.41. The van der Waals surface area contributed by atoms with Crippen molar-refractivity contribution in [3.05, 3.63) is 36.7 Å². The molecule has 0 spiro atoms. The van der Waals surface area contributed by atoms with E-state index in [0.717, 1.165) is 0 Å². The molecule has 0 amide bonds. The number of halogens is 3. The molecule has 0 aliphatic rings. The predicted molar refractivity (Wildman–Crippen MR) is 62.9 cm³/mol. The van der Waals surface area contributed by atoms with Crippen LogP contribution in [-0.4, -0.2) is 16.3 Å². The van der Waals surface area contributed by atoms with Gasteiger partial charge in [-0.25, -0.2) is 9.97 Å². The topological polar surface area (TPSA) is 73.1 Å². The molecule has 0 saturated heterocycles. The van der Waals surface area contributed by atoms with E-state index in [1.807, 2.05) is 0 Å². The van der Waals surface area contributed by atoms with Crippen LogP contribution in [0.15, 0.2) is 36.7 Å². The number of aromatic nitrogens is 2. The molecule has 0 bridgehead atoms. The Labute approximate surface area is 106 Å². The van der Waals surface area contributed by atoms with Crippen LogP contribution in [0.25, 0.3) is 0 Å². The zero-order chi connectivity index (χ0) is 13.9. The summed E-state index contributed by atoms with van der Waals surface area (Å²) in [6.07, 6.45) is -3.56. The summed E-state index contributed by atoms with van der Waals surface area (Å²) in [6.45, 7) is 0. The maximum absolute atomic E-state index is 12.2. The molecule has 19 heavy (non-hydrogen) atoms. The highest BCUT2D eigenvalue weighted by atomic mass is 19.4. The third kappa shape index (κ3) is 3.73. The number of nitrogen functional groups attached to an aromatic ring is 1. The first-order chi connectivity index (χ1) is 8.94. The van der Waals surface area contributed by atoms with Crippen molar-refractivity contribution in [2.75, 3.05) is 11.1 Å². The first-order valence-electron chi connectivity index (χ1n) is 5.13. The fourth-order valence-corrected chi connectivity index (χ4v) is 1.36. The minimum atomic E-state index is -4.76. The number of nitrogens with two attached hydrogens (primary N) is 1. The Balaban J connectivity index is 2.25. The van der Waals surface area contributed by atoms with Gasteiger partial charge in [0.2, 0.25) is 0 Å². The van der Waals surface area contributed by atoms with Crippen LogP contribution in [0.2, 0.25) is 0 Å². The third-order valence-electron chi connectivity index (χ3n) is 2.06. The maximum Gasteiger partial charge on any atom is 0.573 e. The zero-order valence-electron chi connectivity index (χ0n) is 9.48. The standard InChI is InChI=1S/C11H9F3N4O/c12-11(13,14)19-8-4-2-1-3-7(8)18-10-5-9(15)16-6-17-10/h1-6H,(H3,15,16,17,18).